The van der Waals surface area contributed by atoms with E-state index in [1.165, 1.54) is 12.8 Å². The lowest BCUT2D eigenvalue weighted by Crippen LogP contribution is -2.28. The molecular formula is C26H26N4O2. The first-order valence-electron chi connectivity index (χ1n) is 11.1. The molecule has 1 amide bonds. The summed E-state index contributed by atoms with van der Waals surface area (Å²) in [5.74, 6) is 0.509. The molecule has 0 radical (unpaired) electrons. The Bertz CT molecular complexity index is 1210. The Morgan fingerprint density at radius 1 is 1.00 bits per heavy atom. The van der Waals surface area contributed by atoms with Crippen LogP contribution in [0.4, 0.5) is 0 Å². The molecule has 0 spiro atoms. The van der Waals surface area contributed by atoms with Crippen LogP contribution in [0.15, 0.2) is 72.9 Å². The predicted molar refractivity (Wildman–Crippen MR) is 124 cm³/mol. The highest BCUT2D eigenvalue weighted by Gasteiger charge is 2.22. The number of nitrogens with zero attached hydrogens (tertiary/aromatic N) is 3. The Hall–Kier alpha value is -3.67. The molecular weight excluding hydrogens is 400 g/mol. The summed E-state index contributed by atoms with van der Waals surface area (Å²) in [6.45, 7) is 0.328. The van der Waals surface area contributed by atoms with Crippen LogP contribution in [0.3, 0.4) is 0 Å². The molecule has 1 saturated carbocycles. The maximum absolute atomic E-state index is 12.4. The number of fused-ring (bicyclic) bond motifs is 1. The Balaban J connectivity index is 1.23. The van der Waals surface area contributed by atoms with Crippen LogP contribution in [0.5, 0.6) is 5.75 Å². The number of benzene rings is 2. The normalized spacial score (nSPS) is 14.0. The number of nitrogens with one attached hydrogen (secondary N) is 1. The number of amides is 1. The van der Waals surface area contributed by atoms with E-state index < -0.39 is 0 Å². The van der Waals surface area contributed by atoms with Crippen molar-refractivity contribution < 1.29 is 9.53 Å². The van der Waals surface area contributed by atoms with Crippen molar-refractivity contribution in [3.63, 3.8) is 0 Å². The van der Waals surface area contributed by atoms with Gasteiger partial charge in [-0.2, -0.15) is 5.10 Å². The van der Waals surface area contributed by atoms with Crippen molar-refractivity contribution in [2.75, 3.05) is 6.61 Å². The van der Waals surface area contributed by atoms with Crippen LogP contribution in [0.1, 0.15) is 37.4 Å². The second kappa shape index (κ2) is 9.22. The van der Waals surface area contributed by atoms with E-state index in [4.69, 9.17) is 9.84 Å². The first kappa shape index (κ1) is 20.2. The Labute approximate surface area is 187 Å². The lowest BCUT2D eigenvalue weighted by atomic mass is 10.1. The van der Waals surface area contributed by atoms with E-state index in [9.17, 15) is 4.79 Å². The van der Waals surface area contributed by atoms with Crippen molar-refractivity contribution in [2.24, 2.45) is 0 Å². The van der Waals surface area contributed by atoms with Gasteiger partial charge in [0.25, 0.3) is 5.91 Å². The van der Waals surface area contributed by atoms with Gasteiger partial charge in [0.1, 0.15) is 5.75 Å². The van der Waals surface area contributed by atoms with Gasteiger partial charge in [-0.05, 0) is 53.9 Å². The van der Waals surface area contributed by atoms with Gasteiger partial charge in [0, 0.05) is 6.20 Å². The minimum absolute atomic E-state index is 0.0330. The Morgan fingerprint density at radius 2 is 1.81 bits per heavy atom. The third-order valence-corrected chi connectivity index (χ3v) is 5.94. The minimum atomic E-state index is -0.173. The van der Waals surface area contributed by atoms with Crippen LogP contribution in [0.2, 0.25) is 0 Å². The summed E-state index contributed by atoms with van der Waals surface area (Å²) in [6.07, 6.45) is 6.52. The average molecular weight is 427 g/mol. The van der Waals surface area contributed by atoms with E-state index >= 15 is 0 Å². The van der Waals surface area contributed by atoms with E-state index in [1.54, 1.807) is 6.20 Å². The highest BCUT2D eigenvalue weighted by atomic mass is 16.5. The number of hydrogen-bond donors (Lipinski definition) is 1. The van der Waals surface area contributed by atoms with Crippen molar-refractivity contribution in [1.29, 1.82) is 0 Å². The highest BCUT2D eigenvalue weighted by Crippen LogP contribution is 2.33. The minimum Gasteiger partial charge on any atom is -0.484 e. The van der Waals surface area contributed by atoms with Gasteiger partial charge < -0.3 is 10.1 Å². The zero-order valence-electron chi connectivity index (χ0n) is 17.9. The third kappa shape index (κ3) is 4.49. The molecule has 2 heterocycles. The lowest BCUT2D eigenvalue weighted by molar-refractivity contribution is -0.123. The fraction of sp³-hybridized carbons (Fsp3) is 0.269. The third-order valence-electron chi connectivity index (χ3n) is 5.94. The zero-order valence-corrected chi connectivity index (χ0v) is 17.9. The van der Waals surface area contributed by atoms with Crippen LogP contribution < -0.4 is 10.1 Å². The lowest BCUT2D eigenvalue weighted by Gasteiger charge is -2.13. The van der Waals surface area contributed by atoms with E-state index in [0.717, 1.165) is 40.7 Å². The Kier molecular flexibility index (Phi) is 5.83. The van der Waals surface area contributed by atoms with Gasteiger partial charge in [0.2, 0.25) is 0 Å². The van der Waals surface area contributed by atoms with Crippen molar-refractivity contribution in [3.8, 4) is 17.1 Å². The van der Waals surface area contributed by atoms with Crippen molar-refractivity contribution in [2.45, 2.75) is 38.3 Å². The van der Waals surface area contributed by atoms with E-state index in [0.29, 0.717) is 18.3 Å². The van der Waals surface area contributed by atoms with Crippen LogP contribution >= 0.6 is 0 Å². The molecule has 32 heavy (non-hydrogen) atoms. The smallest absolute Gasteiger partial charge is 0.258 e. The first-order valence-corrected chi connectivity index (χ1v) is 11.1. The molecule has 1 fully saturated rings. The zero-order chi connectivity index (χ0) is 21.8. The number of rotatable bonds is 7. The monoisotopic (exact) mass is 426 g/mol. The summed E-state index contributed by atoms with van der Waals surface area (Å²) in [6, 6.07) is 22.2. The molecule has 1 N–H and O–H groups in total. The van der Waals surface area contributed by atoms with Crippen LogP contribution in [-0.4, -0.2) is 27.3 Å². The molecule has 0 atom stereocenters. The first-order chi connectivity index (χ1) is 15.8. The summed E-state index contributed by atoms with van der Waals surface area (Å²) < 4.78 is 7.80. The molecule has 2 aromatic carbocycles. The molecule has 0 aliphatic heterocycles. The van der Waals surface area contributed by atoms with Gasteiger partial charge in [-0.15, -0.1) is 0 Å². The predicted octanol–water partition coefficient (Wildman–Crippen LogP) is 4.91. The fourth-order valence-electron chi connectivity index (χ4n) is 4.31. The maximum Gasteiger partial charge on any atom is 0.258 e. The molecule has 0 unspecified atom stereocenters. The van der Waals surface area contributed by atoms with Crippen LogP contribution in [-0.2, 0) is 11.3 Å². The number of aromatic nitrogens is 3. The summed E-state index contributed by atoms with van der Waals surface area (Å²) in [5.41, 5.74) is 2.75. The van der Waals surface area contributed by atoms with E-state index in [2.05, 4.69) is 21.0 Å². The van der Waals surface area contributed by atoms with Crippen LogP contribution in [0, 0.1) is 0 Å². The molecule has 4 aromatic rings. The van der Waals surface area contributed by atoms with Crippen molar-refractivity contribution in [3.05, 3.63) is 78.6 Å². The number of hydrogen-bond acceptors (Lipinski definition) is 4. The maximum atomic E-state index is 12.4. The highest BCUT2D eigenvalue weighted by molar-refractivity contribution is 5.84. The molecule has 0 saturated heterocycles. The SMILES string of the molecule is O=C(COc1ccc2ccccc2c1)NCc1cc(-c2ccccn2)n(C2CCCC2)n1. The summed E-state index contributed by atoms with van der Waals surface area (Å²) in [7, 11) is 0. The molecule has 1 aliphatic rings. The van der Waals surface area contributed by atoms with E-state index in [1.807, 2.05) is 60.7 Å². The van der Waals surface area contributed by atoms with Gasteiger partial charge in [0.15, 0.2) is 6.61 Å². The van der Waals surface area contributed by atoms with Gasteiger partial charge in [-0.25, -0.2) is 0 Å². The number of carbonyl (C=O) groups excluding carboxylic acids is 1. The molecule has 5 rings (SSSR count). The summed E-state index contributed by atoms with van der Waals surface area (Å²) in [4.78, 5) is 16.9. The van der Waals surface area contributed by atoms with Crippen LogP contribution in [0.25, 0.3) is 22.2 Å². The van der Waals surface area contributed by atoms with E-state index in [-0.39, 0.29) is 12.5 Å². The topological polar surface area (TPSA) is 69.0 Å². The van der Waals surface area contributed by atoms with Gasteiger partial charge in [-0.1, -0.05) is 49.2 Å². The number of pyridine rings is 1. The van der Waals surface area contributed by atoms with Gasteiger partial charge in [-0.3, -0.25) is 14.5 Å². The second-order valence-electron chi connectivity index (χ2n) is 8.19. The summed E-state index contributed by atoms with van der Waals surface area (Å²) in [5, 5.41) is 9.98. The quantitative estimate of drug-likeness (QED) is 0.456. The molecule has 2 aromatic heterocycles. The molecule has 6 heteroatoms. The van der Waals surface area contributed by atoms with Gasteiger partial charge in [0.05, 0.1) is 29.7 Å². The average Bonchev–Trinajstić information content (AvgIpc) is 3.52. The van der Waals surface area contributed by atoms with Crippen molar-refractivity contribution >= 4 is 16.7 Å². The molecule has 1 aliphatic carbocycles. The van der Waals surface area contributed by atoms with Crippen molar-refractivity contribution in [1.82, 2.24) is 20.1 Å². The molecule has 0 bridgehead atoms. The fourth-order valence-corrected chi connectivity index (χ4v) is 4.31. The molecule has 162 valence electrons. The van der Waals surface area contributed by atoms with Gasteiger partial charge >= 0.3 is 0 Å². The number of carbonyl (C=O) groups is 1. The largest absolute Gasteiger partial charge is 0.484 e. The standard InChI is InChI=1S/C26H26N4O2/c31-26(18-32-23-13-12-19-7-1-2-8-20(19)15-23)28-17-21-16-25(24-11-5-6-14-27-24)30(29-21)22-9-3-4-10-22/h1-2,5-8,11-16,22H,3-4,9-10,17-18H2,(H,28,31). The second-order valence-corrected chi connectivity index (χ2v) is 8.19. The summed E-state index contributed by atoms with van der Waals surface area (Å²) >= 11 is 0. The Morgan fingerprint density at radius 3 is 2.62 bits per heavy atom. The number of ether oxygens (including phenoxy) is 1. The molecule has 6 nitrogen and oxygen atoms in total.